The molecule has 0 spiro atoms. The topological polar surface area (TPSA) is 50.9 Å². The van der Waals surface area contributed by atoms with Crippen molar-refractivity contribution in [1.82, 2.24) is 4.98 Å². The molecule has 1 heterocycles. The molecular formula is C11H17N3. The minimum absolute atomic E-state index is 0.494. The molecule has 0 amide bonds. The van der Waals surface area contributed by atoms with Gasteiger partial charge >= 0.3 is 0 Å². The van der Waals surface area contributed by atoms with Crippen LogP contribution in [-0.4, -0.2) is 11.0 Å². The van der Waals surface area contributed by atoms with E-state index in [1.165, 1.54) is 19.3 Å². The highest BCUT2D eigenvalue weighted by atomic mass is 14.9. The van der Waals surface area contributed by atoms with Crippen molar-refractivity contribution in [1.29, 1.82) is 0 Å². The Morgan fingerprint density at radius 3 is 3.07 bits per heavy atom. The molecule has 1 aliphatic rings. The van der Waals surface area contributed by atoms with Gasteiger partial charge in [0.1, 0.15) is 0 Å². The fraction of sp³-hybridized carbons (Fsp3) is 0.545. The number of nitrogens with one attached hydrogen (secondary N) is 1. The molecule has 0 saturated heterocycles. The highest BCUT2D eigenvalue weighted by Crippen LogP contribution is 2.34. The summed E-state index contributed by atoms with van der Waals surface area (Å²) in [6, 6.07) is 2.32. The number of anilines is 2. The summed E-state index contributed by atoms with van der Waals surface area (Å²) in [6.07, 6.45) is 7.54. The minimum Gasteiger partial charge on any atom is -0.397 e. The number of pyridine rings is 1. The molecule has 1 saturated carbocycles. The Bertz CT molecular complexity index is 307. The predicted octanol–water partition coefficient (Wildman–Crippen LogP) is 2.26. The lowest BCUT2D eigenvalue weighted by Crippen LogP contribution is -2.16. The zero-order valence-corrected chi connectivity index (χ0v) is 8.53. The molecule has 0 radical (unpaired) electrons. The first kappa shape index (κ1) is 9.31. The van der Waals surface area contributed by atoms with E-state index in [9.17, 15) is 0 Å². The summed E-state index contributed by atoms with van der Waals surface area (Å²) < 4.78 is 0. The maximum absolute atomic E-state index is 5.81. The number of nitrogens with zero attached hydrogens (tertiary/aromatic N) is 1. The van der Waals surface area contributed by atoms with E-state index in [0.29, 0.717) is 6.04 Å². The lowest BCUT2D eigenvalue weighted by molar-refractivity contribution is 0.642. The fourth-order valence-corrected chi connectivity index (χ4v) is 1.70. The maximum Gasteiger partial charge on any atom is 0.0762 e. The molecule has 1 fully saturated rings. The van der Waals surface area contributed by atoms with E-state index in [0.717, 1.165) is 17.3 Å². The lowest BCUT2D eigenvalue weighted by atomic mass is 10.1. The van der Waals surface area contributed by atoms with Crippen molar-refractivity contribution in [3.05, 3.63) is 18.5 Å². The van der Waals surface area contributed by atoms with Crippen LogP contribution in [0.5, 0.6) is 0 Å². The number of nitrogens with two attached hydrogens (primary N) is 1. The summed E-state index contributed by atoms with van der Waals surface area (Å²) in [4.78, 5) is 4.05. The molecule has 0 aliphatic heterocycles. The average Bonchev–Trinajstić information content (AvgIpc) is 2.93. The first-order chi connectivity index (χ1) is 6.75. The highest BCUT2D eigenvalue weighted by molar-refractivity contribution is 5.64. The van der Waals surface area contributed by atoms with E-state index in [-0.39, 0.29) is 0 Å². The predicted molar refractivity (Wildman–Crippen MR) is 59.1 cm³/mol. The van der Waals surface area contributed by atoms with Crippen LogP contribution in [-0.2, 0) is 0 Å². The zero-order chi connectivity index (χ0) is 9.97. The Balaban J connectivity index is 1.91. The first-order valence-electron chi connectivity index (χ1n) is 5.21. The van der Waals surface area contributed by atoms with Crippen LogP contribution in [0.15, 0.2) is 18.5 Å². The third-order valence-corrected chi connectivity index (χ3v) is 2.64. The molecule has 3 N–H and O–H groups in total. The van der Waals surface area contributed by atoms with Crippen molar-refractivity contribution >= 4 is 11.4 Å². The van der Waals surface area contributed by atoms with Crippen molar-refractivity contribution in [2.75, 3.05) is 11.1 Å². The van der Waals surface area contributed by atoms with Crippen LogP contribution >= 0.6 is 0 Å². The minimum atomic E-state index is 0.494. The molecule has 0 aromatic carbocycles. The largest absolute Gasteiger partial charge is 0.397 e. The summed E-state index contributed by atoms with van der Waals surface area (Å²) in [7, 11) is 0. The van der Waals surface area contributed by atoms with Crippen molar-refractivity contribution in [3.8, 4) is 0 Å². The van der Waals surface area contributed by atoms with Gasteiger partial charge < -0.3 is 11.1 Å². The molecule has 1 aromatic rings. The van der Waals surface area contributed by atoms with Gasteiger partial charge in [-0.3, -0.25) is 4.98 Å². The molecule has 3 nitrogen and oxygen atoms in total. The summed E-state index contributed by atoms with van der Waals surface area (Å²) in [6.45, 7) is 2.20. The third kappa shape index (κ3) is 2.37. The molecule has 3 heteroatoms. The Labute approximate surface area is 84.7 Å². The van der Waals surface area contributed by atoms with Crippen LogP contribution in [0.2, 0.25) is 0 Å². The van der Waals surface area contributed by atoms with Crippen molar-refractivity contribution in [2.45, 2.75) is 32.2 Å². The van der Waals surface area contributed by atoms with Gasteiger partial charge in [-0.15, -0.1) is 0 Å². The fourth-order valence-electron chi connectivity index (χ4n) is 1.70. The SMILES string of the molecule is CC(CC1CC1)Nc1cnccc1N. The second-order valence-electron chi connectivity index (χ2n) is 4.19. The summed E-state index contributed by atoms with van der Waals surface area (Å²) in [5.74, 6) is 0.940. The summed E-state index contributed by atoms with van der Waals surface area (Å²) in [5.41, 5.74) is 7.55. The molecule has 1 atom stereocenters. The molecule has 14 heavy (non-hydrogen) atoms. The van der Waals surface area contributed by atoms with Crippen LogP contribution < -0.4 is 11.1 Å². The Hall–Kier alpha value is -1.25. The monoisotopic (exact) mass is 191 g/mol. The van der Waals surface area contributed by atoms with E-state index in [4.69, 9.17) is 5.73 Å². The Morgan fingerprint density at radius 2 is 2.43 bits per heavy atom. The number of hydrogen-bond donors (Lipinski definition) is 2. The van der Waals surface area contributed by atoms with Gasteiger partial charge in [0.05, 0.1) is 17.6 Å². The Kier molecular flexibility index (Phi) is 2.57. The molecule has 76 valence electrons. The number of nitrogen functional groups attached to an aromatic ring is 1. The smallest absolute Gasteiger partial charge is 0.0762 e. The third-order valence-electron chi connectivity index (χ3n) is 2.64. The van der Waals surface area contributed by atoms with Crippen LogP contribution in [0, 0.1) is 5.92 Å². The highest BCUT2D eigenvalue weighted by Gasteiger charge is 2.23. The molecule has 2 rings (SSSR count). The van der Waals surface area contributed by atoms with E-state index >= 15 is 0 Å². The second-order valence-corrected chi connectivity index (χ2v) is 4.19. The average molecular weight is 191 g/mol. The molecule has 1 aromatic heterocycles. The maximum atomic E-state index is 5.81. The summed E-state index contributed by atoms with van der Waals surface area (Å²) in [5, 5.41) is 3.39. The standard InChI is InChI=1S/C11H17N3/c1-8(6-9-2-3-9)14-11-7-13-5-4-10(11)12/h4-5,7-9,14H,2-3,6H2,1H3,(H2,12,13). The van der Waals surface area contributed by atoms with Crippen LogP contribution in [0.25, 0.3) is 0 Å². The zero-order valence-electron chi connectivity index (χ0n) is 8.53. The van der Waals surface area contributed by atoms with Gasteiger partial charge in [-0.05, 0) is 25.3 Å². The molecule has 1 aliphatic carbocycles. The summed E-state index contributed by atoms with van der Waals surface area (Å²) >= 11 is 0. The van der Waals surface area contributed by atoms with Gasteiger partial charge in [-0.25, -0.2) is 0 Å². The van der Waals surface area contributed by atoms with Gasteiger partial charge in [0.15, 0.2) is 0 Å². The number of hydrogen-bond acceptors (Lipinski definition) is 3. The van der Waals surface area contributed by atoms with Crippen molar-refractivity contribution in [2.24, 2.45) is 5.92 Å². The van der Waals surface area contributed by atoms with Crippen molar-refractivity contribution in [3.63, 3.8) is 0 Å². The van der Waals surface area contributed by atoms with Gasteiger partial charge in [0.25, 0.3) is 0 Å². The van der Waals surface area contributed by atoms with Crippen LogP contribution in [0.1, 0.15) is 26.2 Å². The van der Waals surface area contributed by atoms with Crippen LogP contribution in [0.3, 0.4) is 0 Å². The number of aromatic nitrogens is 1. The Morgan fingerprint density at radius 1 is 1.64 bits per heavy atom. The molecular weight excluding hydrogens is 174 g/mol. The quantitative estimate of drug-likeness (QED) is 0.767. The van der Waals surface area contributed by atoms with E-state index in [1.807, 2.05) is 6.07 Å². The molecule has 0 bridgehead atoms. The van der Waals surface area contributed by atoms with Gasteiger partial charge in [0, 0.05) is 12.2 Å². The van der Waals surface area contributed by atoms with Crippen LogP contribution in [0.4, 0.5) is 11.4 Å². The first-order valence-corrected chi connectivity index (χ1v) is 5.21. The van der Waals surface area contributed by atoms with Crippen molar-refractivity contribution < 1.29 is 0 Å². The van der Waals surface area contributed by atoms with Gasteiger partial charge in [0.2, 0.25) is 0 Å². The normalized spacial score (nSPS) is 17.8. The lowest BCUT2D eigenvalue weighted by Gasteiger charge is -2.15. The second kappa shape index (κ2) is 3.86. The van der Waals surface area contributed by atoms with Gasteiger partial charge in [-0.1, -0.05) is 12.8 Å². The van der Waals surface area contributed by atoms with E-state index in [2.05, 4.69) is 17.2 Å². The number of rotatable bonds is 4. The molecule has 1 unspecified atom stereocenters. The van der Waals surface area contributed by atoms with Gasteiger partial charge in [-0.2, -0.15) is 0 Å². The van der Waals surface area contributed by atoms with E-state index < -0.39 is 0 Å². The van der Waals surface area contributed by atoms with E-state index in [1.54, 1.807) is 12.4 Å².